The molecule has 3 heteroatoms. The van der Waals surface area contributed by atoms with Crippen LogP contribution in [0, 0.1) is 5.82 Å². The fourth-order valence-corrected chi connectivity index (χ4v) is 1.53. The van der Waals surface area contributed by atoms with Gasteiger partial charge in [0.25, 0.3) is 0 Å². The van der Waals surface area contributed by atoms with Crippen LogP contribution in [0.4, 0.5) is 4.39 Å². The van der Waals surface area contributed by atoms with E-state index in [-0.39, 0.29) is 17.6 Å². The molecule has 82 valence electrons. The third-order valence-corrected chi connectivity index (χ3v) is 2.43. The highest BCUT2D eigenvalue weighted by molar-refractivity contribution is 5.81. The van der Waals surface area contributed by atoms with Gasteiger partial charge >= 0.3 is 0 Å². The summed E-state index contributed by atoms with van der Waals surface area (Å²) in [5.74, 6) is -0.118. The SMILES string of the molecule is CC(=O)[C@@H](Cc1ccc(F)cc1)N(C)C. The van der Waals surface area contributed by atoms with Gasteiger partial charge in [0.05, 0.1) is 6.04 Å². The van der Waals surface area contributed by atoms with E-state index in [4.69, 9.17) is 0 Å². The van der Waals surface area contributed by atoms with Gasteiger partial charge in [0, 0.05) is 0 Å². The molecular weight excluding hydrogens is 193 g/mol. The molecule has 0 saturated carbocycles. The van der Waals surface area contributed by atoms with E-state index in [1.807, 2.05) is 19.0 Å². The Bertz CT molecular complexity index is 332. The Hall–Kier alpha value is -1.22. The van der Waals surface area contributed by atoms with Crippen LogP contribution in [0.25, 0.3) is 0 Å². The molecule has 0 N–H and O–H groups in total. The molecule has 0 bridgehead atoms. The highest BCUT2D eigenvalue weighted by Gasteiger charge is 2.16. The smallest absolute Gasteiger partial charge is 0.147 e. The number of carbonyl (C=O) groups is 1. The lowest BCUT2D eigenvalue weighted by Crippen LogP contribution is -2.36. The van der Waals surface area contributed by atoms with Crippen LogP contribution < -0.4 is 0 Å². The van der Waals surface area contributed by atoms with Crippen LogP contribution in [-0.4, -0.2) is 30.8 Å². The van der Waals surface area contributed by atoms with E-state index in [2.05, 4.69) is 0 Å². The minimum absolute atomic E-state index is 0.129. The maximum absolute atomic E-state index is 12.7. The van der Waals surface area contributed by atoms with Crippen LogP contribution in [0.3, 0.4) is 0 Å². The van der Waals surface area contributed by atoms with E-state index < -0.39 is 0 Å². The molecule has 0 aliphatic carbocycles. The largest absolute Gasteiger partial charge is 0.299 e. The van der Waals surface area contributed by atoms with Crippen LogP contribution >= 0.6 is 0 Å². The van der Waals surface area contributed by atoms with E-state index >= 15 is 0 Å². The summed E-state index contributed by atoms with van der Waals surface area (Å²) < 4.78 is 12.7. The molecule has 0 radical (unpaired) electrons. The fourth-order valence-electron chi connectivity index (χ4n) is 1.53. The second-order valence-corrected chi connectivity index (χ2v) is 3.92. The maximum Gasteiger partial charge on any atom is 0.147 e. The van der Waals surface area contributed by atoms with E-state index in [9.17, 15) is 9.18 Å². The average Bonchev–Trinajstić information content (AvgIpc) is 2.15. The second-order valence-electron chi connectivity index (χ2n) is 3.92. The van der Waals surface area contributed by atoms with E-state index in [1.165, 1.54) is 12.1 Å². The zero-order chi connectivity index (χ0) is 11.4. The van der Waals surface area contributed by atoms with Crippen molar-refractivity contribution in [2.75, 3.05) is 14.1 Å². The van der Waals surface area contributed by atoms with Crippen LogP contribution in [-0.2, 0) is 11.2 Å². The van der Waals surface area contributed by atoms with Crippen molar-refractivity contribution in [3.05, 3.63) is 35.6 Å². The summed E-state index contributed by atoms with van der Waals surface area (Å²) in [6.07, 6.45) is 0.628. The monoisotopic (exact) mass is 209 g/mol. The average molecular weight is 209 g/mol. The van der Waals surface area contributed by atoms with Crippen molar-refractivity contribution in [1.82, 2.24) is 4.90 Å². The van der Waals surface area contributed by atoms with E-state index in [0.29, 0.717) is 6.42 Å². The molecule has 0 spiro atoms. The first-order valence-corrected chi connectivity index (χ1v) is 4.92. The van der Waals surface area contributed by atoms with Gasteiger partial charge in [0.2, 0.25) is 0 Å². The van der Waals surface area contributed by atoms with E-state index in [1.54, 1.807) is 19.1 Å². The van der Waals surface area contributed by atoms with Gasteiger partial charge < -0.3 is 0 Å². The van der Waals surface area contributed by atoms with E-state index in [0.717, 1.165) is 5.56 Å². The molecule has 0 amide bonds. The third-order valence-electron chi connectivity index (χ3n) is 2.43. The Morgan fingerprint density at radius 2 is 1.87 bits per heavy atom. The molecular formula is C12H16FNO. The predicted molar refractivity (Wildman–Crippen MR) is 58.3 cm³/mol. The van der Waals surface area contributed by atoms with Crippen molar-refractivity contribution in [2.45, 2.75) is 19.4 Å². The number of likely N-dealkylation sites (N-methyl/N-ethyl adjacent to an activating group) is 1. The first-order chi connectivity index (χ1) is 7.00. The van der Waals surface area contributed by atoms with Crippen LogP contribution in [0.15, 0.2) is 24.3 Å². The number of nitrogens with zero attached hydrogens (tertiary/aromatic N) is 1. The molecule has 0 fully saturated rings. The van der Waals surface area contributed by atoms with Gasteiger partial charge in [-0.1, -0.05) is 12.1 Å². The van der Waals surface area contributed by atoms with Crippen molar-refractivity contribution >= 4 is 5.78 Å². The summed E-state index contributed by atoms with van der Waals surface area (Å²) >= 11 is 0. The summed E-state index contributed by atoms with van der Waals surface area (Å²) in [6, 6.07) is 6.14. The molecule has 0 heterocycles. The highest BCUT2D eigenvalue weighted by atomic mass is 19.1. The summed E-state index contributed by atoms with van der Waals surface area (Å²) in [7, 11) is 3.74. The minimum Gasteiger partial charge on any atom is -0.299 e. The van der Waals surface area contributed by atoms with Gasteiger partial charge in [0.15, 0.2) is 0 Å². The Morgan fingerprint density at radius 3 is 2.27 bits per heavy atom. The zero-order valence-electron chi connectivity index (χ0n) is 9.33. The predicted octanol–water partition coefficient (Wildman–Crippen LogP) is 1.89. The van der Waals surface area contributed by atoms with Gasteiger partial charge in [-0.25, -0.2) is 4.39 Å². The molecule has 1 aromatic rings. The topological polar surface area (TPSA) is 20.3 Å². The Balaban J connectivity index is 2.74. The Kier molecular flexibility index (Phi) is 3.97. The zero-order valence-corrected chi connectivity index (χ0v) is 9.33. The quantitative estimate of drug-likeness (QED) is 0.754. The molecule has 0 unspecified atom stereocenters. The third kappa shape index (κ3) is 3.44. The van der Waals surface area contributed by atoms with Crippen molar-refractivity contribution in [2.24, 2.45) is 0 Å². The van der Waals surface area contributed by atoms with Gasteiger partial charge in [-0.2, -0.15) is 0 Å². The van der Waals surface area contributed by atoms with Crippen molar-refractivity contribution in [3.63, 3.8) is 0 Å². The second kappa shape index (κ2) is 5.03. The lowest BCUT2D eigenvalue weighted by Gasteiger charge is -2.21. The number of rotatable bonds is 4. The molecule has 1 rings (SSSR count). The first kappa shape index (κ1) is 11.9. The number of hydrogen-bond acceptors (Lipinski definition) is 2. The summed E-state index contributed by atoms with van der Waals surface area (Å²) in [5, 5.41) is 0. The van der Waals surface area contributed by atoms with Gasteiger partial charge in [0.1, 0.15) is 11.6 Å². The highest BCUT2D eigenvalue weighted by Crippen LogP contribution is 2.09. The normalized spacial score (nSPS) is 12.9. The fraction of sp³-hybridized carbons (Fsp3) is 0.417. The summed E-state index contributed by atoms with van der Waals surface area (Å²) in [4.78, 5) is 13.2. The van der Waals surface area contributed by atoms with Crippen LogP contribution in [0.1, 0.15) is 12.5 Å². The molecule has 0 aliphatic rings. The van der Waals surface area contributed by atoms with Crippen molar-refractivity contribution in [1.29, 1.82) is 0 Å². The number of ketones is 1. The van der Waals surface area contributed by atoms with Crippen LogP contribution in [0.5, 0.6) is 0 Å². The molecule has 15 heavy (non-hydrogen) atoms. The summed E-state index contributed by atoms with van der Waals surface area (Å²) in [5.41, 5.74) is 0.977. The number of Topliss-reactive ketones (excluding diaryl/α,β-unsaturated/α-hetero) is 1. The number of hydrogen-bond donors (Lipinski definition) is 0. The minimum atomic E-state index is -0.247. The van der Waals surface area contributed by atoms with Crippen LogP contribution in [0.2, 0.25) is 0 Å². The molecule has 2 nitrogen and oxygen atoms in total. The summed E-state index contributed by atoms with van der Waals surface area (Å²) in [6.45, 7) is 1.58. The first-order valence-electron chi connectivity index (χ1n) is 4.92. The van der Waals surface area contributed by atoms with Crippen molar-refractivity contribution < 1.29 is 9.18 Å². The Labute approximate surface area is 89.7 Å². The molecule has 1 aromatic carbocycles. The number of carbonyl (C=O) groups excluding carboxylic acids is 1. The number of halogens is 1. The number of benzene rings is 1. The lowest BCUT2D eigenvalue weighted by atomic mass is 10.0. The van der Waals surface area contributed by atoms with Gasteiger partial charge in [-0.05, 0) is 45.1 Å². The maximum atomic E-state index is 12.7. The van der Waals surface area contributed by atoms with Gasteiger partial charge in [-0.3, -0.25) is 9.69 Å². The Morgan fingerprint density at radius 1 is 1.33 bits per heavy atom. The molecule has 1 atom stereocenters. The molecule has 0 aliphatic heterocycles. The van der Waals surface area contributed by atoms with Gasteiger partial charge in [-0.15, -0.1) is 0 Å². The lowest BCUT2D eigenvalue weighted by molar-refractivity contribution is -0.121. The standard InChI is InChI=1S/C12H16FNO/c1-9(15)12(14(2)3)8-10-4-6-11(13)7-5-10/h4-7,12H,8H2,1-3H3/t12-/m1/s1. The molecule has 0 saturated heterocycles. The molecule has 0 aromatic heterocycles. The van der Waals surface area contributed by atoms with Crippen molar-refractivity contribution in [3.8, 4) is 0 Å².